The zero-order valence-electron chi connectivity index (χ0n) is 12.6. The molecular formula is C17H25NO2. The highest BCUT2D eigenvalue weighted by Crippen LogP contribution is 2.12. The summed E-state index contributed by atoms with van der Waals surface area (Å²) < 4.78 is 5.73. The lowest BCUT2D eigenvalue weighted by Crippen LogP contribution is -2.25. The zero-order valence-corrected chi connectivity index (χ0v) is 12.6. The van der Waals surface area contributed by atoms with Gasteiger partial charge in [-0.3, -0.25) is 0 Å². The van der Waals surface area contributed by atoms with E-state index >= 15 is 0 Å². The van der Waals surface area contributed by atoms with Gasteiger partial charge in [-0.05, 0) is 38.2 Å². The Kier molecular flexibility index (Phi) is 8.53. The maximum absolute atomic E-state index is 8.68. The molecule has 0 saturated heterocycles. The van der Waals surface area contributed by atoms with Gasteiger partial charge >= 0.3 is 0 Å². The highest BCUT2D eigenvalue weighted by Gasteiger charge is 1.99. The standard InChI is InChI=1S/C17H25NO2/c1-3-4-5-11-18(2)12-14-20-17-10-6-8-16(15-17)9-7-13-19/h6,8,10,15,19H,3-5,11-14H2,1-2H3. The topological polar surface area (TPSA) is 32.7 Å². The molecule has 1 aromatic rings. The second-order valence-corrected chi connectivity index (χ2v) is 4.85. The number of aliphatic hydroxyl groups is 1. The van der Waals surface area contributed by atoms with Gasteiger partial charge in [-0.15, -0.1) is 0 Å². The van der Waals surface area contributed by atoms with E-state index in [4.69, 9.17) is 9.84 Å². The van der Waals surface area contributed by atoms with E-state index in [1.54, 1.807) is 0 Å². The Morgan fingerprint density at radius 3 is 2.85 bits per heavy atom. The molecule has 20 heavy (non-hydrogen) atoms. The molecule has 0 heterocycles. The van der Waals surface area contributed by atoms with Crippen molar-refractivity contribution in [3.8, 4) is 17.6 Å². The van der Waals surface area contributed by atoms with Gasteiger partial charge in [0.05, 0.1) is 0 Å². The van der Waals surface area contributed by atoms with Crippen LogP contribution in [0.4, 0.5) is 0 Å². The molecule has 0 spiro atoms. The summed E-state index contributed by atoms with van der Waals surface area (Å²) in [6.07, 6.45) is 3.79. The van der Waals surface area contributed by atoms with Crippen molar-refractivity contribution < 1.29 is 9.84 Å². The SMILES string of the molecule is CCCCCN(C)CCOc1cccc(C#CCO)c1. The second-order valence-electron chi connectivity index (χ2n) is 4.85. The van der Waals surface area contributed by atoms with Gasteiger partial charge < -0.3 is 14.7 Å². The predicted molar refractivity (Wildman–Crippen MR) is 82.9 cm³/mol. The first-order valence-electron chi connectivity index (χ1n) is 7.27. The summed E-state index contributed by atoms with van der Waals surface area (Å²) >= 11 is 0. The Labute approximate surface area is 122 Å². The van der Waals surface area contributed by atoms with Gasteiger partial charge in [0, 0.05) is 12.1 Å². The number of rotatable bonds is 8. The number of unbranched alkanes of at least 4 members (excludes halogenated alkanes) is 2. The Bertz CT molecular complexity index is 434. The molecule has 110 valence electrons. The molecule has 0 saturated carbocycles. The minimum Gasteiger partial charge on any atom is -0.492 e. The third-order valence-electron chi connectivity index (χ3n) is 3.03. The number of benzene rings is 1. The van der Waals surface area contributed by atoms with Gasteiger partial charge in [0.1, 0.15) is 19.0 Å². The summed E-state index contributed by atoms with van der Waals surface area (Å²) in [5.41, 5.74) is 0.868. The minimum absolute atomic E-state index is 0.117. The lowest BCUT2D eigenvalue weighted by atomic mass is 10.2. The van der Waals surface area contributed by atoms with E-state index in [9.17, 15) is 0 Å². The molecule has 1 N–H and O–H groups in total. The van der Waals surface area contributed by atoms with E-state index in [1.165, 1.54) is 19.3 Å². The first-order valence-corrected chi connectivity index (χ1v) is 7.27. The van der Waals surface area contributed by atoms with Gasteiger partial charge in [0.25, 0.3) is 0 Å². The fraction of sp³-hybridized carbons (Fsp3) is 0.529. The van der Waals surface area contributed by atoms with Crippen molar-refractivity contribution in [2.75, 3.05) is 33.4 Å². The average molecular weight is 275 g/mol. The first kappa shape index (κ1) is 16.6. The van der Waals surface area contributed by atoms with Gasteiger partial charge in [-0.2, -0.15) is 0 Å². The average Bonchev–Trinajstić information content (AvgIpc) is 2.46. The van der Waals surface area contributed by atoms with Crippen molar-refractivity contribution in [3.63, 3.8) is 0 Å². The fourth-order valence-corrected chi connectivity index (χ4v) is 1.87. The molecule has 1 rings (SSSR count). The maximum atomic E-state index is 8.68. The Hall–Kier alpha value is -1.50. The summed E-state index contributed by atoms with van der Waals surface area (Å²) in [6.45, 7) is 4.83. The van der Waals surface area contributed by atoms with Crippen molar-refractivity contribution in [2.45, 2.75) is 26.2 Å². The molecule has 0 atom stereocenters. The lowest BCUT2D eigenvalue weighted by molar-refractivity contribution is 0.235. The molecule has 0 aliphatic heterocycles. The van der Waals surface area contributed by atoms with Crippen LogP contribution < -0.4 is 4.74 Å². The predicted octanol–water partition coefficient (Wildman–Crippen LogP) is 2.53. The molecule has 3 heteroatoms. The number of aliphatic hydroxyl groups excluding tert-OH is 1. The van der Waals surface area contributed by atoms with Crippen LogP contribution in [0.15, 0.2) is 24.3 Å². The van der Waals surface area contributed by atoms with E-state index in [2.05, 4.69) is 30.7 Å². The van der Waals surface area contributed by atoms with Crippen LogP contribution in [0.1, 0.15) is 31.7 Å². The summed E-state index contributed by atoms with van der Waals surface area (Å²) in [5.74, 6) is 6.34. The number of hydrogen-bond acceptors (Lipinski definition) is 3. The van der Waals surface area contributed by atoms with Crippen molar-refractivity contribution in [2.24, 2.45) is 0 Å². The van der Waals surface area contributed by atoms with Gasteiger partial charge in [0.2, 0.25) is 0 Å². The molecule has 0 aliphatic carbocycles. The number of likely N-dealkylation sites (N-methyl/N-ethyl adjacent to an activating group) is 1. The quantitative estimate of drug-likeness (QED) is 0.584. The summed E-state index contributed by atoms with van der Waals surface area (Å²) in [7, 11) is 2.13. The molecule has 0 radical (unpaired) electrons. The number of ether oxygens (including phenoxy) is 1. The van der Waals surface area contributed by atoms with Gasteiger partial charge in [-0.25, -0.2) is 0 Å². The minimum atomic E-state index is -0.117. The molecule has 3 nitrogen and oxygen atoms in total. The third-order valence-corrected chi connectivity index (χ3v) is 3.03. The van der Waals surface area contributed by atoms with E-state index in [1.807, 2.05) is 24.3 Å². The lowest BCUT2D eigenvalue weighted by Gasteiger charge is -2.16. The second kappa shape index (κ2) is 10.3. The molecular weight excluding hydrogens is 250 g/mol. The van der Waals surface area contributed by atoms with Crippen molar-refractivity contribution in [1.29, 1.82) is 0 Å². The molecule has 0 fully saturated rings. The Morgan fingerprint density at radius 2 is 2.10 bits per heavy atom. The van der Waals surface area contributed by atoms with Crippen LogP contribution in [0.2, 0.25) is 0 Å². The van der Waals surface area contributed by atoms with Crippen LogP contribution in [-0.2, 0) is 0 Å². The van der Waals surface area contributed by atoms with Crippen LogP contribution in [0.25, 0.3) is 0 Å². The van der Waals surface area contributed by atoms with Gasteiger partial charge in [-0.1, -0.05) is 37.7 Å². The van der Waals surface area contributed by atoms with E-state index < -0.39 is 0 Å². The summed E-state index contributed by atoms with van der Waals surface area (Å²) in [5, 5.41) is 8.68. The molecule has 0 unspecified atom stereocenters. The number of nitrogens with zero attached hydrogens (tertiary/aromatic N) is 1. The van der Waals surface area contributed by atoms with Crippen LogP contribution in [-0.4, -0.2) is 43.4 Å². The van der Waals surface area contributed by atoms with E-state index in [0.717, 1.165) is 24.4 Å². The highest BCUT2D eigenvalue weighted by molar-refractivity contribution is 5.39. The largest absolute Gasteiger partial charge is 0.492 e. The van der Waals surface area contributed by atoms with E-state index in [-0.39, 0.29) is 6.61 Å². The summed E-state index contributed by atoms with van der Waals surface area (Å²) in [4.78, 5) is 2.30. The monoisotopic (exact) mass is 275 g/mol. The smallest absolute Gasteiger partial charge is 0.120 e. The molecule has 1 aromatic carbocycles. The van der Waals surface area contributed by atoms with Crippen LogP contribution in [0.5, 0.6) is 5.75 Å². The van der Waals surface area contributed by atoms with Crippen LogP contribution in [0, 0.1) is 11.8 Å². The Morgan fingerprint density at radius 1 is 1.25 bits per heavy atom. The Balaban J connectivity index is 2.31. The van der Waals surface area contributed by atoms with Crippen LogP contribution >= 0.6 is 0 Å². The van der Waals surface area contributed by atoms with Gasteiger partial charge in [0.15, 0.2) is 0 Å². The first-order chi connectivity index (χ1) is 9.76. The third kappa shape index (κ3) is 7.18. The molecule has 0 aliphatic rings. The van der Waals surface area contributed by atoms with E-state index in [0.29, 0.717) is 6.61 Å². The maximum Gasteiger partial charge on any atom is 0.120 e. The van der Waals surface area contributed by atoms with Crippen molar-refractivity contribution in [1.82, 2.24) is 4.90 Å². The zero-order chi connectivity index (χ0) is 14.6. The highest BCUT2D eigenvalue weighted by atomic mass is 16.5. The molecule has 0 amide bonds. The van der Waals surface area contributed by atoms with Crippen LogP contribution in [0.3, 0.4) is 0 Å². The fourth-order valence-electron chi connectivity index (χ4n) is 1.87. The molecule has 0 bridgehead atoms. The molecule has 0 aromatic heterocycles. The number of hydrogen-bond donors (Lipinski definition) is 1. The van der Waals surface area contributed by atoms with Crippen molar-refractivity contribution in [3.05, 3.63) is 29.8 Å². The summed E-state index contributed by atoms with van der Waals surface area (Å²) in [6, 6.07) is 7.66. The van der Waals surface area contributed by atoms with Crippen molar-refractivity contribution >= 4 is 0 Å². The normalized spacial score (nSPS) is 10.2.